The Hall–Kier alpha value is -0.770. The van der Waals surface area contributed by atoms with Gasteiger partial charge in [-0.2, -0.15) is 0 Å². The van der Waals surface area contributed by atoms with Crippen molar-refractivity contribution in [2.45, 2.75) is 32.7 Å². The molecule has 0 aromatic carbocycles. The topological polar surface area (TPSA) is 49.6 Å². The van der Waals surface area contributed by atoms with Crippen LogP contribution in [-0.2, 0) is 0 Å². The van der Waals surface area contributed by atoms with Crippen LogP contribution in [-0.4, -0.2) is 48.6 Å². The maximum absolute atomic E-state index is 11.8. The maximum Gasteiger partial charge on any atom is 0.320 e. The molecule has 1 aliphatic heterocycles. The number of carbonyl (C=O) groups excluding carboxylic acids is 1. The van der Waals surface area contributed by atoms with E-state index in [1.807, 2.05) is 16.8 Å². The molecule has 0 bridgehead atoms. The van der Waals surface area contributed by atoms with E-state index in [-0.39, 0.29) is 6.03 Å². The Balaban J connectivity index is 2.47. The van der Waals surface area contributed by atoms with Crippen molar-refractivity contribution in [3.63, 3.8) is 0 Å². The predicted molar refractivity (Wildman–Crippen MR) is 61.6 cm³/mol. The summed E-state index contributed by atoms with van der Waals surface area (Å²) in [5, 5.41) is 0. The van der Waals surface area contributed by atoms with Gasteiger partial charge in [-0.05, 0) is 25.3 Å². The number of likely N-dealkylation sites (N-methyl/N-ethyl adjacent to an activating group) is 1. The molecule has 2 N–H and O–H groups in total. The van der Waals surface area contributed by atoms with Crippen LogP contribution in [0.15, 0.2) is 0 Å². The van der Waals surface area contributed by atoms with E-state index < -0.39 is 0 Å². The van der Waals surface area contributed by atoms with E-state index in [1.54, 1.807) is 0 Å². The molecule has 1 atom stereocenters. The zero-order valence-electron chi connectivity index (χ0n) is 10.1. The van der Waals surface area contributed by atoms with E-state index in [2.05, 4.69) is 13.8 Å². The average molecular weight is 213 g/mol. The van der Waals surface area contributed by atoms with Crippen molar-refractivity contribution in [3.8, 4) is 0 Å². The molecule has 1 saturated heterocycles. The third-order valence-corrected chi connectivity index (χ3v) is 2.93. The highest BCUT2D eigenvalue weighted by molar-refractivity contribution is 5.76. The first-order valence-corrected chi connectivity index (χ1v) is 5.78. The lowest BCUT2D eigenvalue weighted by molar-refractivity contribution is 0.193. The molecular weight excluding hydrogens is 190 g/mol. The van der Waals surface area contributed by atoms with E-state index in [9.17, 15) is 4.79 Å². The number of amides is 2. The molecule has 1 aliphatic rings. The Kier molecular flexibility index (Phi) is 4.39. The summed E-state index contributed by atoms with van der Waals surface area (Å²) in [7, 11) is 1.90. The lowest BCUT2D eigenvalue weighted by Crippen LogP contribution is -2.32. The quantitative estimate of drug-likeness (QED) is 0.744. The highest BCUT2D eigenvalue weighted by Crippen LogP contribution is 2.19. The summed E-state index contributed by atoms with van der Waals surface area (Å²) in [6, 6.07) is 0.546. The molecule has 0 saturated carbocycles. The number of nitrogens with two attached hydrogens (primary N) is 1. The van der Waals surface area contributed by atoms with Crippen molar-refractivity contribution in [2.75, 3.05) is 26.7 Å². The third kappa shape index (κ3) is 3.09. The zero-order valence-corrected chi connectivity index (χ0v) is 10.1. The zero-order chi connectivity index (χ0) is 11.4. The lowest BCUT2D eigenvalue weighted by Gasteiger charge is -2.19. The van der Waals surface area contributed by atoms with Gasteiger partial charge in [0.05, 0.1) is 6.04 Å². The first kappa shape index (κ1) is 12.3. The van der Waals surface area contributed by atoms with Crippen molar-refractivity contribution >= 4 is 6.03 Å². The summed E-state index contributed by atoms with van der Waals surface area (Å²) >= 11 is 0. The molecule has 88 valence electrons. The maximum atomic E-state index is 11.8. The van der Waals surface area contributed by atoms with Crippen LogP contribution in [0.5, 0.6) is 0 Å². The van der Waals surface area contributed by atoms with Crippen molar-refractivity contribution in [3.05, 3.63) is 0 Å². The molecule has 0 aromatic heterocycles. The van der Waals surface area contributed by atoms with Crippen LogP contribution in [0.4, 0.5) is 4.79 Å². The van der Waals surface area contributed by atoms with Gasteiger partial charge < -0.3 is 15.5 Å². The summed E-state index contributed by atoms with van der Waals surface area (Å²) in [5.74, 6) is 0.639. The van der Waals surface area contributed by atoms with Crippen LogP contribution >= 0.6 is 0 Å². The Labute approximate surface area is 92.4 Å². The SMILES string of the molecule is CC(C)CC1CN(CCCN)C(=O)N1C. The first-order chi connectivity index (χ1) is 7.06. The number of urea groups is 1. The second kappa shape index (κ2) is 5.35. The minimum atomic E-state index is 0.161. The number of nitrogens with zero attached hydrogens (tertiary/aromatic N) is 2. The van der Waals surface area contributed by atoms with Gasteiger partial charge in [-0.1, -0.05) is 13.8 Å². The molecule has 2 amide bonds. The Morgan fingerprint density at radius 3 is 2.73 bits per heavy atom. The van der Waals surface area contributed by atoms with Gasteiger partial charge in [0, 0.05) is 20.1 Å². The van der Waals surface area contributed by atoms with Crippen molar-refractivity contribution in [1.29, 1.82) is 0 Å². The summed E-state index contributed by atoms with van der Waals surface area (Å²) in [6.07, 6.45) is 1.98. The fourth-order valence-electron chi connectivity index (χ4n) is 2.08. The van der Waals surface area contributed by atoms with E-state index >= 15 is 0 Å². The molecular formula is C11H23N3O. The summed E-state index contributed by atoms with van der Waals surface area (Å²) < 4.78 is 0. The van der Waals surface area contributed by atoms with Crippen LogP contribution in [0.1, 0.15) is 26.7 Å². The van der Waals surface area contributed by atoms with Gasteiger partial charge in [-0.15, -0.1) is 0 Å². The number of carbonyl (C=O) groups is 1. The van der Waals surface area contributed by atoms with Crippen molar-refractivity contribution in [2.24, 2.45) is 11.7 Å². The molecule has 0 spiro atoms. The van der Waals surface area contributed by atoms with E-state index in [1.165, 1.54) is 0 Å². The molecule has 1 unspecified atom stereocenters. The van der Waals surface area contributed by atoms with Gasteiger partial charge in [-0.3, -0.25) is 0 Å². The molecule has 0 aromatic rings. The molecule has 15 heavy (non-hydrogen) atoms. The fraction of sp³-hybridized carbons (Fsp3) is 0.909. The minimum Gasteiger partial charge on any atom is -0.330 e. The van der Waals surface area contributed by atoms with E-state index in [0.717, 1.165) is 25.9 Å². The second-order valence-corrected chi connectivity index (χ2v) is 4.77. The molecule has 1 fully saturated rings. The average Bonchev–Trinajstić information content (AvgIpc) is 2.42. The second-order valence-electron chi connectivity index (χ2n) is 4.77. The van der Waals surface area contributed by atoms with Gasteiger partial charge in [0.2, 0.25) is 0 Å². The number of hydrogen-bond acceptors (Lipinski definition) is 2. The molecule has 0 aliphatic carbocycles. The Morgan fingerprint density at radius 2 is 2.20 bits per heavy atom. The van der Waals surface area contributed by atoms with Gasteiger partial charge in [0.25, 0.3) is 0 Å². The fourth-order valence-corrected chi connectivity index (χ4v) is 2.08. The van der Waals surface area contributed by atoms with Crippen LogP contribution in [0.25, 0.3) is 0 Å². The van der Waals surface area contributed by atoms with Crippen molar-refractivity contribution < 1.29 is 4.79 Å². The molecule has 4 nitrogen and oxygen atoms in total. The minimum absolute atomic E-state index is 0.161. The normalized spacial score (nSPS) is 21.9. The number of hydrogen-bond donors (Lipinski definition) is 1. The monoisotopic (exact) mass is 213 g/mol. The third-order valence-electron chi connectivity index (χ3n) is 2.93. The Morgan fingerprint density at radius 1 is 1.53 bits per heavy atom. The highest BCUT2D eigenvalue weighted by Gasteiger charge is 2.33. The van der Waals surface area contributed by atoms with Crippen LogP contribution in [0, 0.1) is 5.92 Å². The van der Waals surface area contributed by atoms with Crippen molar-refractivity contribution in [1.82, 2.24) is 9.80 Å². The summed E-state index contributed by atoms with van der Waals surface area (Å²) in [4.78, 5) is 15.6. The van der Waals surface area contributed by atoms with E-state index in [0.29, 0.717) is 18.5 Å². The standard InChI is InChI=1S/C11H23N3O/c1-9(2)7-10-8-14(6-4-5-12)11(15)13(10)3/h9-10H,4-8,12H2,1-3H3. The first-order valence-electron chi connectivity index (χ1n) is 5.78. The van der Waals surface area contributed by atoms with Crippen LogP contribution in [0.2, 0.25) is 0 Å². The molecule has 1 rings (SSSR count). The van der Waals surface area contributed by atoms with E-state index in [4.69, 9.17) is 5.73 Å². The molecule has 0 radical (unpaired) electrons. The van der Waals surface area contributed by atoms with Gasteiger partial charge >= 0.3 is 6.03 Å². The van der Waals surface area contributed by atoms with Gasteiger partial charge in [0.1, 0.15) is 0 Å². The summed E-state index contributed by atoms with van der Waals surface area (Å²) in [5.41, 5.74) is 5.45. The van der Waals surface area contributed by atoms with Crippen LogP contribution < -0.4 is 5.73 Å². The molecule has 4 heteroatoms. The Bertz CT molecular complexity index is 218. The van der Waals surface area contributed by atoms with Gasteiger partial charge in [0.15, 0.2) is 0 Å². The predicted octanol–water partition coefficient (Wildman–Crippen LogP) is 1.12. The largest absolute Gasteiger partial charge is 0.330 e. The van der Waals surface area contributed by atoms with Crippen LogP contribution in [0.3, 0.4) is 0 Å². The smallest absolute Gasteiger partial charge is 0.320 e. The number of rotatable bonds is 5. The van der Waals surface area contributed by atoms with Gasteiger partial charge in [-0.25, -0.2) is 4.79 Å². The highest BCUT2D eigenvalue weighted by atomic mass is 16.2. The molecule has 1 heterocycles. The summed E-state index contributed by atoms with van der Waals surface area (Å²) in [6.45, 7) is 6.71. The lowest BCUT2D eigenvalue weighted by atomic mass is 10.0.